The van der Waals surface area contributed by atoms with Gasteiger partial charge in [0.2, 0.25) is 0 Å². The topological polar surface area (TPSA) is 86.6 Å². The summed E-state index contributed by atoms with van der Waals surface area (Å²) in [4.78, 5) is 0. The van der Waals surface area contributed by atoms with E-state index in [1.807, 2.05) is 6.92 Å². The summed E-state index contributed by atoms with van der Waals surface area (Å²) in [6, 6.07) is 8.60. The van der Waals surface area contributed by atoms with Crippen molar-refractivity contribution < 1.29 is 33.9 Å². The summed E-state index contributed by atoms with van der Waals surface area (Å²) in [6.45, 7) is 4.54. The van der Waals surface area contributed by atoms with Crippen LogP contribution in [0.25, 0.3) is 0 Å². The zero-order chi connectivity index (χ0) is 26.9. The Balaban J connectivity index is 1.44. The zero-order valence-electron chi connectivity index (χ0n) is 23.5. The molecular weight excluding hydrogens is 484 g/mol. The van der Waals surface area contributed by atoms with Gasteiger partial charge in [0.15, 0.2) is 18.4 Å². The fourth-order valence-corrected chi connectivity index (χ4v) is 8.97. The van der Waals surface area contributed by atoms with E-state index in [4.69, 9.17) is 23.7 Å². The molecule has 1 saturated heterocycles. The Morgan fingerprint density at radius 2 is 1.63 bits per heavy atom. The maximum Gasteiger partial charge on any atom is 0.189 e. The number of benzene rings is 1. The van der Waals surface area contributed by atoms with E-state index >= 15 is 0 Å². The van der Waals surface area contributed by atoms with E-state index in [-0.39, 0.29) is 23.9 Å². The zero-order valence-corrected chi connectivity index (χ0v) is 23.5. The van der Waals surface area contributed by atoms with E-state index in [2.05, 4.69) is 31.2 Å². The van der Waals surface area contributed by atoms with Crippen LogP contribution in [0.5, 0.6) is 0 Å². The molecule has 4 fully saturated rings. The number of hydrogen-bond acceptors (Lipinski definition) is 7. The van der Waals surface area contributed by atoms with Crippen LogP contribution in [0.1, 0.15) is 88.5 Å². The maximum absolute atomic E-state index is 12.1. The van der Waals surface area contributed by atoms with Gasteiger partial charge in [0.1, 0.15) is 0 Å². The Labute approximate surface area is 226 Å². The molecule has 4 aliphatic carbocycles. The van der Waals surface area contributed by atoms with E-state index in [0.717, 1.165) is 44.1 Å². The summed E-state index contributed by atoms with van der Waals surface area (Å²) in [6.07, 6.45) is 5.62. The normalized spacial score (nSPS) is 43.7. The number of methoxy groups -OCH3 is 3. The molecule has 2 unspecified atom stereocenters. The van der Waals surface area contributed by atoms with Crippen molar-refractivity contribution in [1.82, 2.24) is 0 Å². The Morgan fingerprint density at radius 1 is 0.947 bits per heavy atom. The fourth-order valence-electron chi connectivity index (χ4n) is 8.97. The molecule has 7 nitrogen and oxygen atoms in total. The van der Waals surface area contributed by atoms with E-state index in [1.54, 1.807) is 21.3 Å². The molecule has 3 saturated carbocycles. The minimum Gasteiger partial charge on any atom is -0.387 e. The van der Waals surface area contributed by atoms with Crippen LogP contribution in [0.4, 0.5) is 0 Å². The Morgan fingerprint density at radius 3 is 2.26 bits per heavy atom. The molecule has 1 aliphatic heterocycles. The minimum absolute atomic E-state index is 0.110. The van der Waals surface area contributed by atoms with Crippen molar-refractivity contribution in [3.8, 4) is 0 Å². The first-order valence-corrected chi connectivity index (χ1v) is 14.3. The average Bonchev–Trinajstić information content (AvgIpc) is 3.15. The van der Waals surface area contributed by atoms with E-state index < -0.39 is 17.0 Å². The average molecular weight is 529 g/mol. The molecular formula is C31H44O7. The number of hydrogen-bond donors (Lipinski definition) is 2. The van der Waals surface area contributed by atoms with E-state index in [0.29, 0.717) is 31.3 Å². The highest BCUT2D eigenvalue weighted by Crippen LogP contribution is 2.67. The van der Waals surface area contributed by atoms with Gasteiger partial charge in [-0.2, -0.15) is 0 Å². The van der Waals surface area contributed by atoms with Gasteiger partial charge in [-0.1, -0.05) is 36.8 Å². The lowest BCUT2D eigenvalue weighted by molar-refractivity contribution is -0.382. The molecule has 6 atom stereocenters. The van der Waals surface area contributed by atoms with Gasteiger partial charge in [-0.25, -0.2) is 0 Å². The minimum atomic E-state index is -0.937. The molecule has 1 aromatic rings. The number of allylic oxidation sites excluding steroid dienone is 1. The molecule has 210 valence electrons. The van der Waals surface area contributed by atoms with Crippen LogP contribution in [0.3, 0.4) is 0 Å². The first kappa shape index (κ1) is 26.9. The molecule has 0 radical (unpaired) electrons. The van der Waals surface area contributed by atoms with Crippen LogP contribution in [0.15, 0.2) is 35.4 Å². The standard InChI is InChI=1S/C31H44O7/c1-19-37-27(38-19)21-8-6-20(7-9-21)23-16-28(2)24(11-14-30(28,33)18-34-3)22-10-13-29(32)17-31(35-4,36-5)15-12-25(29)26(22)23/h6-9,19,22-24,27,32-33H,10-18H2,1-5H3/t19?,22?,23-,24?,27?,28+,29-,30-/m1/s1. The molecule has 0 bridgehead atoms. The van der Waals surface area contributed by atoms with Crippen molar-refractivity contribution in [2.24, 2.45) is 17.3 Å². The van der Waals surface area contributed by atoms with Crippen molar-refractivity contribution in [3.05, 3.63) is 46.5 Å². The Bertz CT molecular complexity index is 1070. The second kappa shape index (κ2) is 9.37. The first-order valence-electron chi connectivity index (χ1n) is 14.3. The van der Waals surface area contributed by atoms with Gasteiger partial charge in [0, 0.05) is 51.1 Å². The smallest absolute Gasteiger partial charge is 0.189 e. The molecule has 7 heteroatoms. The van der Waals surface area contributed by atoms with Crippen LogP contribution in [0, 0.1) is 17.3 Å². The molecule has 0 spiro atoms. The lowest BCUT2D eigenvalue weighted by Crippen LogP contribution is -2.56. The van der Waals surface area contributed by atoms with Gasteiger partial charge in [-0.05, 0) is 68.4 Å². The number of rotatable bonds is 6. The highest BCUT2D eigenvalue weighted by molar-refractivity contribution is 5.44. The molecule has 0 amide bonds. The first-order chi connectivity index (χ1) is 18.1. The summed E-state index contributed by atoms with van der Waals surface area (Å²) in [5, 5.41) is 24.1. The van der Waals surface area contributed by atoms with Crippen LogP contribution < -0.4 is 0 Å². The highest BCUT2D eigenvalue weighted by atomic mass is 16.9. The summed E-state index contributed by atoms with van der Waals surface area (Å²) in [5.41, 5.74) is 2.76. The largest absolute Gasteiger partial charge is 0.387 e. The predicted molar refractivity (Wildman–Crippen MR) is 141 cm³/mol. The lowest BCUT2D eigenvalue weighted by atomic mass is 9.49. The summed E-state index contributed by atoms with van der Waals surface area (Å²) in [5.74, 6) is 0.0486. The van der Waals surface area contributed by atoms with Gasteiger partial charge in [0.25, 0.3) is 0 Å². The van der Waals surface area contributed by atoms with Gasteiger partial charge in [0.05, 0.1) is 17.8 Å². The molecule has 0 aromatic heterocycles. The summed E-state index contributed by atoms with van der Waals surface area (Å²) in [7, 11) is 5.05. The predicted octanol–water partition coefficient (Wildman–Crippen LogP) is 4.97. The Kier molecular flexibility index (Phi) is 6.63. The molecule has 1 heterocycles. The highest BCUT2D eigenvalue weighted by Gasteiger charge is 2.64. The van der Waals surface area contributed by atoms with Gasteiger partial charge in [-0.3, -0.25) is 0 Å². The van der Waals surface area contributed by atoms with Crippen molar-refractivity contribution in [2.45, 2.75) is 101 Å². The quantitative estimate of drug-likeness (QED) is 0.398. The number of aliphatic hydroxyl groups is 2. The van der Waals surface area contributed by atoms with E-state index in [9.17, 15) is 10.2 Å². The number of ether oxygens (including phenoxy) is 5. The van der Waals surface area contributed by atoms with E-state index in [1.165, 1.54) is 16.7 Å². The molecule has 1 aromatic carbocycles. The van der Waals surface area contributed by atoms with Gasteiger partial charge < -0.3 is 33.9 Å². The van der Waals surface area contributed by atoms with Crippen molar-refractivity contribution in [2.75, 3.05) is 27.9 Å². The van der Waals surface area contributed by atoms with Crippen molar-refractivity contribution >= 4 is 0 Å². The fraction of sp³-hybridized carbons (Fsp3) is 0.742. The van der Waals surface area contributed by atoms with Crippen LogP contribution in [-0.4, -0.2) is 61.4 Å². The van der Waals surface area contributed by atoms with Gasteiger partial charge in [-0.15, -0.1) is 0 Å². The molecule has 5 aliphatic rings. The molecule has 2 N–H and O–H groups in total. The van der Waals surface area contributed by atoms with Crippen LogP contribution in [0.2, 0.25) is 0 Å². The van der Waals surface area contributed by atoms with Crippen molar-refractivity contribution in [1.29, 1.82) is 0 Å². The number of fused-ring (bicyclic) bond motifs is 4. The maximum atomic E-state index is 12.1. The molecule has 38 heavy (non-hydrogen) atoms. The van der Waals surface area contributed by atoms with Crippen LogP contribution >= 0.6 is 0 Å². The Hall–Kier alpha value is -1.32. The van der Waals surface area contributed by atoms with Crippen molar-refractivity contribution in [3.63, 3.8) is 0 Å². The second-order valence-corrected chi connectivity index (χ2v) is 12.7. The third-order valence-electron chi connectivity index (χ3n) is 11.1. The second-order valence-electron chi connectivity index (χ2n) is 12.7. The third-order valence-corrected chi connectivity index (χ3v) is 11.1. The summed E-state index contributed by atoms with van der Waals surface area (Å²) >= 11 is 0. The lowest BCUT2D eigenvalue weighted by Gasteiger charge is -2.57. The molecule has 6 rings (SSSR count). The monoisotopic (exact) mass is 528 g/mol. The van der Waals surface area contributed by atoms with Crippen LogP contribution in [-0.2, 0) is 23.7 Å². The SMILES string of the molecule is COC[C@]1(O)CCC2C3CC[C@@]4(O)CC(OC)(OC)CCC4=C3[C@@H](c3ccc(C4OC(C)O4)cc3)C[C@@]21C. The summed E-state index contributed by atoms with van der Waals surface area (Å²) < 4.78 is 28.6. The van der Waals surface area contributed by atoms with Gasteiger partial charge >= 0.3 is 0 Å². The third kappa shape index (κ3) is 3.88.